The van der Waals surface area contributed by atoms with Crippen molar-refractivity contribution >= 4 is 0 Å². The zero-order valence-electron chi connectivity index (χ0n) is 11.7. The van der Waals surface area contributed by atoms with Gasteiger partial charge in [0.1, 0.15) is 5.82 Å². The minimum absolute atomic E-state index is 0.113. The van der Waals surface area contributed by atoms with Gasteiger partial charge in [-0.1, -0.05) is 6.92 Å². The summed E-state index contributed by atoms with van der Waals surface area (Å²) >= 11 is 0. The van der Waals surface area contributed by atoms with Crippen LogP contribution in [0.2, 0.25) is 0 Å². The molecular formula is C13H25N3O. The predicted molar refractivity (Wildman–Crippen MR) is 70.0 cm³/mol. The van der Waals surface area contributed by atoms with Crippen LogP contribution in [-0.4, -0.2) is 28.8 Å². The molecule has 0 radical (unpaired) electrons. The average Bonchev–Trinajstić information content (AvgIpc) is 2.78. The highest BCUT2D eigenvalue weighted by atomic mass is 16.5. The molecule has 2 unspecified atom stereocenters. The number of likely N-dealkylation sites (N-methyl/N-ethyl adjacent to an activating group) is 1. The van der Waals surface area contributed by atoms with E-state index < -0.39 is 0 Å². The summed E-state index contributed by atoms with van der Waals surface area (Å²) in [6.45, 7) is 10.1. The number of imidazole rings is 1. The van der Waals surface area contributed by atoms with Crippen LogP contribution in [0.5, 0.6) is 0 Å². The van der Waals surface area contributed by atoms with E-state index in [2.05, 4.69) is 35.6 Å². The van der Waals surface area contributed by atoms with Gasteiger partial charge in [-0.05, 0) is 34.2 Å². The summed E-state index contributed by atoms with van der Waals surface area (Å²) in [5.41, 5.74) is -0.220. The van der Waals surface area contributed by atoms with Crippen molar-refractivity contribution in [1.82, 2.24) is 14.9 Å². The van der Waals surface area contributed by atoms with Gasteiger partial charge in [0.05, 0.1) is 11.6 Å². The van der Waals surface area contributed by atoms with Crippen molar-refractivity contribution in [3.63, 3.8) is 0 Å². The van der Waals surface area contributed by atoms with Gasteiger partial charge in [0, 0.05) is 25.5 Å². The van der Waals surface area contributed by atoms with Crippen LogP contribution >= 0.6 is 0 Å². The van der Waals surface area contributed by atoms with E-state index in [9.17, 15) is 0 Å². The largest absolute Gasteiger partial charge is 0.373 e. The third-order valence-electron chi connectivity index (χ3n) is 3.42. The van der Waals surface area contributed by atoms with Crippen LogP contribution < -0.4 is 5.32 Å². The first-order valence-electron chi connectivity index (χ1n) is 6.45. The third kappa shape index (κ3) is 2.87. The lowest BCUT2D eigenvalue weighted by Crippen LogP contribution is -2.43. The first-order valence-corrected chi connectivity index (χ1v) is 6.45. The topological polar surface area (TPSA) is 39.1 Å². The lowest BCUT2D eigenvalue weighted by Gasteiger charge is -2.36. The van der Waals surface area contributed by atoms with Crippen LogP contribution in [-0.2, 0) is 11.3 Å². The number of rotatable bonds is 7. The van der Waals surface area contributed by atoms with Gasteiger partial charge in [0.2, 0.25) is 0 Å². The Kier molecular flexibility index (Phi) is 5.15. The molecule has 0 aliphatic rings. The summed E-state index contributed by atoms with van der Waals surface area (Å²) in [5.74, 6) is 1.05. The molecule has 0 saturated carbocycles. The summed E-state index contributed by atoms with van der Waals surface area (Å²) in [6, 6.07) is 0.113. The molecule has 0 amide bonds. The fraction of sp³-hybridized carbons (Fsp3) is 0.769. The van der Waals surface area contributed by atoms with Gasteiger partial charge in [-0.2, -0.15) is 0 Å². The Labute approximate surface area is 104 Å². The molecule has 1 aromatic rings. The molecule has 1 rings (SSSR count). The van der Waals surface area contributed by atoms with E-state index >= 15 is 0 Å². The first kappa shape index (κ1) is 14.2. The van der Waals surface area contributed by atoms with E-state index in [1.165, 1.54) is 0 Å². The minimum Gasteiger partial charge on any atom is -0.373 e. The molecule has 0 aliphatic carbocycles. The van der Waals surface area contributed by atoms with Gasteiger partial charge >= 0.3 is 0 Å². The monoisotopic (exact) mass is 239 g/mol. The van der Waals surface area contributed by atoms with Crippen molar-refractivity contribution in [2.75, 3.05) is 13.7 Å². The predicted octanol–water partition coefficient (Wildman–Crippen LogP) is 2.37. The van der Waals surface area contributed by atoms with E-state index in [0.29, 0.717) is 0 Å². The Balaban J connectivity index is 3.04. The van der Waals surface area contributed by atoms with Gasteiger partial charge in [0.15, 0.2) is 0 Å². The van der Waals surface area contributed by atoms with E-state index in [1.807, 2.05) is 26.4 Å². The van der Waals surface area contributed by atoms with Gasteiger partial charge in [-0.25, -0.2) is 4.98 Å². The molecule has 0 bridgehead atoms. The SMILES string of the molecule is CCOC(C)(CC)C(NC)c1nccn1CC. The molecule has 17 heavy (non-hydrogen) atoms. The molecule has 4 heteroatoms. The maximum atomic E-state index is 5.94. The van der Waals surface area contributed by atoms with Gasteiger partial charge in [-0.3, -0.25) is 0 Å². The van der Waals surface area contributed by atoms with Crippen LogP contribution in [0.3, 0.4) is 0 Å². The molecule has 0 aromatic carbocycles. The van der Waals surface area contributed by atoms with Gasteiger partial charge < -0.3 is 14.6 Å². The average molecular weight is 239 g/mol. The maximum absolute atomic E-state index is 5.94. The number of nitrogens with one attached hydrogen (secondary N) is 1. The molecule has 0 saturated heterocycles. The summed E-state index contributed by atoms with van der Waals surface area (Å²) in [4.78, 5) is 4.47. The molecule has 1 heterocycles. The summed E-state index contributed by atoms with van der Waals surface area (Å²) < 4.78 is 8.10. The molecule has 4 nitrogen and oxygen atoms in total. The van der Waals surface area contributed by atoms with Crippen molar-refractivity contribution in [2.45, 2.75) is 52.3 Å². The zero-order valence-corrected chi connectivity index (χ0v) is 11.7. The number of hydrogen-bond acceptors (Lipinski definition) is 3. The van der Waals surface area contributed by atoms with Crippen LogP contribution in [0, 0.1) is 0 Å². The fourth-order valence-corrected chi connectivity index (χ4v) is 2.28. The molecule has 1 aromatic heterocycles. The lowest BCUT2D eigenvalue weighted by atomic mass is 9.92. The molecule has 0 spiro atoms. The number of ether oxygens (including phenoxy) is 1. The Bertz CT molecular complexity index is 337. The number of aromatic nitrogens is 2. The maximum Gasteiger partial charge on any atom is 0.128 e. The zero-order chi connectivity index (χ0) is 12.9. The molecule has 98 valence electrons. The molecular weight excluding hydrogens is 214 g/mol. The van der Waals surface area contributed by atoms with Crippen molar-refractivity contribution in [2.24, 2.45) is 0 Å². The standard InChI is InChI=1S/C13H25N3O/c1-6-13(4,17-8-3)11(14-5)12-15-9-10-16(12)7-2/h9-11,14H,6-8H2,1-5H3. The molecule has 0 fully saturated rings. The van der Waals surface area contributed by atoms with Crippen LogP contribution in [0.15, 0.2) is 12.4 Å². The number of aryl methyl sites for hydroxylation is 1. The normalized spacial score (nSPS) is 16.8. The van der Waals surface area contributed by atoms with E-state index in [4.69, 9.17) is 4.74 Å². The number of nitrogens with zero attached hydrogens (tertiary/aromatic N) is 2. The van der Waals surface area contributed by atoms with Crippen molar-refractivity contribution in [3.05, 3.63) is 18.2 Å². The first-order chi connectivity index (χ1) is 8.12. The smallest absolute Gasteiger partial charge is 0.128 e. The van der Waals surface area contributed by atoms with Crippen LogP contribution in [0.25, 0.3) is 0 Å². The van der Waals surface area contributed by atoms with E-state index in [-0.39, 0.29) is 11.6 Å². The number of hydrogen-bond donors (Lipinski definition) is 1. The lowest BCUT2D eigenvalue weighted by molar-refractivity contribution is -0.0573. The Morgan fingerprint density at radius 1 is 1.47 bits per heavy atom. The second-order valence-electron chi connectivity index (χ2n) is 4.39. The Morgan fingerprint density at radius 3 is 2.65 bits per heavy atom. The van der Waals surface area contributed by atoms with Gasteiger partial charge in [0.25, 0.3) is 0 Å². The molecule has 0 aliphatic heterocycles. The Hall–Kier alpha value is -0.870. The van der Waals surface area contributed by atoms with Gasteiger partial charge in [-0.15, -0.1) is 0 Å². The fourth-order valence-electron chi connectivity index (χ4n) is 2.28. The van der Waals surface area contributed by atoms with Crippen molar-refractivity contribution < 1.29 is 4.74 Å². The second kappa shape index (κ2) is 6.17. The second-order valence-corrected chi connectivity index (χ2v) is 4.39. The van der Waals surface area contributed by atoms with Crippen LogP contribution in [0.1, 0.15) is 46.0 Å². The summed E-state index contributed by atoms with van der Waals surface area (Å²) in [5, 5.41) is 3.35. The van der Waals surface area contributed by atoms with E-state index in [0.717, 1.165) is 25.4 Å². The molecule has 2 atom stereocenters. The highest BCUT2D eigenvalue weighted by Gasteiger charge is 2.35. The quantitative estimate of drug-likeness (QED) is 0.794. The summed E-state index contributed by atoms with van der Waals surface area (Å²) in [6.07, 6.45) is 4.82. The Morgan fingerprint density at radius 2 is 2.18 bits per heavy atom. The molecule has 1 N–H and O–H groups in total. The summed E-state index contributed by atoms with van der Waals surface area (Å²) in [7, 11) is 1.96. The highest BCUT2D eigenvalue weighted by molar-refractivity contribution is 5.06. The minimum atomic E-state index is -0.220. The highest BCUT2D eigenvalue weighted by Crippen LogP contribution is 2.31. The van der Waals surface area contributed by atoms with Crippen LogP contribution in [0.4, 0.5) is 0 Å². The van der Waals surface area contributed by atoms with Crippen molar-refractivity contribution in [3.8, 4) is 0 Å². The van der Waals surface area contributed by atoms with Crippen molar-refractivity contribution in [1.29, 1.82) is 0 Å². The van der Waals surface area contributed by atoms with E-state index in [1.54, 1.807) is 0 Å². The third-order valence-corrected chi connectivity index (χ3v) is 3.42.